The SMILES string of the molecule is O=C([O-])CNc1ncnc2cc(Cl)ccc12. The van der Waals surface area contributed by atoms with Gasteiger partial charge in [0.1, 0.15) is 12.1 Å². The average molecular weight is 237 g/mol. The van der Waals surface area contributed by atoms with E-state index in [-0.39, 0.29) is 6.54 Å². The van der Waals surface area contributed by atoms with Gasteiger partial charge < -0.3 is 15.2 Å². The Morgan fingerprint density at radius 3 is 3.00 bits per heavy atom. The molecular weight excluding hydrogens is 230 g/mol. The zero-order valence-corrected chi connectivity index (χ0v) is 8.86. The fourth-order valence-electron chi connectivity index (χ4n) is 1.33. The summed E-state index contributed by atoms with van der Waals surface area (Å²) in [6.45, 7) is -0.297. The van der Waals surface area contributed by atoms with E-state index in [2.05, 4.69) is 15.3 Å². The van der Waals surface area contributed by atoms with Crippen molar-refractivity contribution in [2.75, 3.05) is 11.9 Å². The lowest BCUT2D eigenvalue weighted by molar-refractivity contribution is -0.302. The third-order valence-corrected chi connectivity index (χ3v) is 2.23. The second-order valence-corrected chi connectivity index (χ2v) is 3.55. The molecule has 0 aliphatic rings. The molecule has 0 spiro atoms. The van der Waals surface area contributed by atoms with E-state index in [4.69, 9.17) is 11.6 Å². The molecule has 0 aliphatic heterocycles. The predicted molar refractivity (Wildman–Crippen MR) is 58.0 cm³/mol. The highest BCUT2D eigenvalue weighted by molar-refractivity contribution is 6.31. The molecule has 0 fully saturated rings. The van der Waals surface area contributed by atoms with Crippen molar-refractivity contribution in [3.63, 3.8) is 0 Å². The Kier molecular flexibility index (Phi) is 2.87. The minimum absolute atomic E-state index is 0.297. The van der Waals surface area contributed by atoms with Gasteiger partial charge in [0.25, 0.3) is 0 Å². The van der Waals surface area contributed by atoms with Crippen molar-refractivity contribution in [3.05, 3.63) is 29.5 Å². The fourth-order valence-corrected chi connectivity index (χ4v) is 1.49. The van der Waals surface area contributed by atoms with Crippen molar-refractivity contribution in [3.8, 4) is 0 Å². The summed E-state index contributed by atoms with van der Waals surface area (Å²) >= 11 is 5.81. The smallest absolute Gasteiger partial charge is 0.137 e. The van der Waals surface area contributed by atoms with Crippen molar-refractivity contribution in [2.24, 2.45) is 0 Å². The van der Waals surface area contributed by atoms with Crippen LogP contribution in [-0.4, -0.2) is 22.5 Å². The van der Waals surface area contributed by atoms with Crippen molar-refractivity contribution in [2.45, 2.75) is 0 Å². The number of nitrogens with zero attached hydrogens (tertiary/aromatic N) is 2. The second kappa shape index (κ2) is 4.32. The number of hydrogen-bond acceptors (Lipinski definition) is 5. The molecule has 1 aromatic carbocycles. The third kappa shape index (κ3) is 2.20. The molecule has 82 valence electrons. The van der Waals surface area contributed by atoms with E-state index >= 15 is 0 Å². The van der Waals surface area contributed by atoms with Crippen molar-refractivity contribution in [1.82, 2.24) is 9.97 Å². The first-order chi connectivity index (χ1) is 7.66. The summed E-state index contributed by atoms with van der Waals surface area (Å²) in [6.07, 6.45) is 1.34. The van der Waals surface area contributed by atoms with E-state index in [1.54, 1.807) is 18.2 Å². The molecule has 0 amide bonds. The predicted octanol–water partition coefficient (Wildman–Crippen LogP) is 0.445. The van der Waals surface area contributed by atoms with Gasteiger partial charge in [-0.05, 0) is 18.2 Å². The maximum absolute atomic E-state index is 10.3. The number of carboxylic acids is 1. The maximum Gasteiger partial charge on any atom is 0.137 e. The molecule has 6 heteroatoms. The number of fused-ring (bicyclic) bond motifs is 1. The number of halogens is 1. The summed E-state index contributed by atoms with van der Waals surface area (Å²) in [5.41, 5.74) is 0.656. The van der Waals surface area contributed by atoms with Gasteiger partial charge in [-0.1, -0.05) is 11.6 Å². The van der Waals surface area contributed by atoms with E-state index in [1.165, 1.54) is 6.33 Å². The minimum Gasteiger partial charge on any atom is -0.548 e. The molecule has 0 unspecified atom stereocenters. The van der Waals surface area contributed by atoms with Gasteiger partial charge in [0.2, 0.25) is 0 Å². The first-order valence-electron chi connectivity index (χ1n) is 4.51. The number of aliphatic carboxylic acids is 1. The number of carboxylic acid groups (broad SMARTS) is 1. The number of hydrogen-bond donors (Lipinski definition) is 1. The summed E-state index contributed by atoms with van der Waals surface area (Å²) in [7, 11) is 0. The van der Waals surface area contributed by atoms with Gasteiger partial charge in [-0.25, -0.2) is 9.97 Å². The van der Waals surface area contributed by atoms with Crippen LogP contribution < -0.4 is 10.4 Å². The normalized spacial score (nSPS) is 10.3. The fraction of sp³-hybridized carbons (Fsp3) is 0.100. The van der Waals surface area contributed by atoms with E-state index in [1.807, 2.05) is 0 Å². The summed E-state index contributed by atoms with van der Waals surface area (Å²) < 4.78 is 0. The molecule has 1 N–H and O–H groups in total. The molecule has 0 radical (unpaired) electrons. The van der Waals surface area contributed by atoms with Gasteiger partial charge in [-0.15, -0.1) is 0 Å². The Bertz CT molecular complexity index is 545. The zero-order valence-electron chi connectivity index (χ0n) is 8.11. The lowest BCUT2D eigenvalue weighted by Crippen LogP contribution is -2.30. The molecule has 0 atom stereocenters. The van der Waals surface area contributed by atoms with Crippen molar-refractivity contribution >= 4 is 34.3 Å². The van der Waals surface area contributed by atoms with Crippen LogP contribution in [0.15, 0.2) is 24.5 Å². The standard InChI is InChI=1S/C10H8ClN3O2/c11-6-1-2-7-8(3-6)13-5-14-10(7)12-4-9(15)16/h1-3,5H,4H2,(H,15,16)(H,12,13,14)/p-1. The monoisotopic (exact) mass is 236 g/mol. The third-order valence-electron chi connectivity index (χ3n) is 2.00. The van der Waals surface area contributed by atoms with E-state index in [0.29, 0.717) is 21.7 Å². The Labute approximate surface area is 96.1 Å². The lowest BCUT2D eigenvalue weighted by atomic mass is 10.2. The quantitative estimate of drug-likeness (QED) is 0.837. The number of carbonyl (C=O) groups is 1. The Balaban J connectivity index is 2.41. The number of rotatable bonds is 3. The molecule has 0 saturated heterocycles. The maximum atomic E-state index is 10.3. The van der Waals surface area contributed by atoms with Gasteiger partial charge in [0.05, 0.1) is 18.0 Å². The van der Waals surface area contributed by atoms with Gasteiger partial charge in [0.15, 0.2) is 0 Å². The number of carbonyl (C=O) groups excluding carboxylic acids is 1. The Hall–Kier alpha value is -1.88. The van der Waals surface area contributed by atoms with Crippen LogP contribution in [0, 0.1) is 0 Å². The van der Waals surface area contributed by atoms with Crippen LogP contribution >= 0.6 is 11.6 Å². The Morgan fingerprint density at radius 1 is 1.44 bits per heavy atom. The first-order valence-corrected chi connectivity index (χ1v) is 4.88. The molecule has 5 nitrogen and oxygen atoms in total. The molecule has 1 aromatic heterocycles. The average Bonchev–Trinajstić information content (AvgIpc) is 2.25. The van der Waals surface area contributed by atoms with E-state index in [0.717, 1.165) is 0 Å². The molecule has 2 rings (SSSR count). The molecule has 16 heavy (non-hydrogen) atoms. The molecule has 0 saturated carbocycles. The number of benzene rings is 1. The summed E-state index contributed by atoms with van der Waals surface area (Å²) in [5, 5.41) is 14.3. The summed E-state index contributed by atoms with van der Waals surface area (Å²) in [4.78, 5) is 18.3. The highest BCUT2D eigenvalue weighted by Crippen LogP contribution is 2.22. The van der Waals surface area contributed by atoms with Crippen LogP contribution in [0.2, 0.25) is 5.02 Å². The molecular formula is C10H7ClN3O2-. The van der Waals surface area contributed by atoms with Crippen molar-refractivity contribution in [1.29, 1.82) is 0 Å². The Morgan fingerprint density at radius 2 is 2.25 bits per heavy atom. The van der Waals surface area contributed by atoms with Crippen LogP contribution in [0.25, 0.3) is 10.9 Å². The van der Waals surface area contributed by atoms with Crippen LogP contribution in [0.1, 0.15) is 0 Å². The molecule has 0 aliphatic carbocycles. The second-order valence-electron chi connectivity index (χ2n) is 3.11. The van der Waals surface area contributed by atoms with Gasteiger partial charge in [0, 0.05) is 10.4 Å². The molecule has 0 bridgehead atoms. The van der Waals surface area contributed by atoms with E-state index < -0.39 is 5.97 Å². The summed E-state index contributed by atoms with van der Waals surface area (Å²) in [6, 6.07) is 5.11. The highest BCUT2D eigenvalue weighted by atomic mass is 35.5. The van der Waals surface area contributed by atoms with Gasteiger partial charge in [-0.2, -0.15) is 0 Å². The summed E-state index contributed by atoms with van der Waals surface area (Å²) in [5.74, 6) is -0.744. The largest absolute Gasteiger partial charge is 0.548 e. The number of anilines is 1. The van der Waals surface area contributed by atoms with E-state index in [9.17, 15) is 9.90 Å². The van der Waals surface area contributed by atoms with Gasteiger partial charge in [-0.3, -0.25) is 0 Å². The molecule has 2 aromatic rings. The lowest BCUT2D eigenvalue weighted by Gasteiger charge is -2.08. The highest BCUT2D eigenvalue weighted by Gasteiger charge is 2.03. The topological polar surface area (TPSA) is 77.9 Å². The van der Waals surface area contributed by atoms with Crippen LogP contribution in [-0.2, 0) is 4.79 Å². The van der Waals surface area contributed by atoms with Gasteiger partial charge >= 0.3 is 0 Å². The number of aromatic nitrogens is 2. The van der Waals surface area contributed by atoms with Crippen LogP contribution in [0.3, 0.4) is 0 Å². The first kappa shape index (κ1) is 10.6. The van der Waals surface area contributed by atoms with Crippen molar-refractivity contribution < 1.29 is 9.90 Å². The number of nitrogens with one attached hydrogen (secondary N) is 1. The molecule has 1 heterocycles. The zero-order chi connectivity index (χ0) is 11.5. The minimum atomic E-state index is -1.19. The van der Waals surface area contributed by atoms with Crippen LogP contribution in [0.5, 0.6) is 0 Å². The van der Waals surface area contributed by atoms with Crippen LogP contribution in [0.4, 0.5) is 5.82 Å².